The second-order valence-electron chi connectivity index (χ2n) is 5.72. The third-order valence-corrected chi connectivity index (χ3v) is 4.01. The summed E-state index contributed by atoms with van der Waals surface area (Å²) in [4.78, 5) is 17.0. The number of aromatic nitrogens is 2. The molecule has 9 heteroatoms. The lowest BCUT2D eigenvalue weighted by Gasteiger charge is -2.35. The van der Waals surface area contributed by atoms with E-state index in [9.17, 15) is 8.78 Å². The Morgan fingerprint density at radius 3 is 2.38 bits per heavy atom. The Hall–Kier alpha value is -2.97. The molecule has 0 aliphatic carbocycles. The van der Waals surface area contributed by atoms with E-state index in [1.54, 1.807) is 30.6 Å². The standard InChI is InChI=1S/C17H20F2N6O/c18-15(19)26-14-4-2-13(3-5-14)12-23-16(20)24-8-10-25(11-9-24)17-21-6-1-7-22-17/h1-7,15H,8-12H2,(H2,20,23). The lowest BCUT2D eigenvalue weighted by molar-refractivity contribution is -0.0498. The Bertz CT molecular complexity index is 718. The maximum absolute atomic E-state index is 12.1. The normalized spacial score (nSPS) is 15.4. The van der Waals surface area contributed by atoms with Gasteiger partial charge < -0.3 is 20.3 Å². The van der Waals surface area contributed by atoms with Gasteiger partial charge in [0, 0.05) is 38.6 Å². The van der Waals surface area contributed by atoms with E-state index >= 15 is 0 Å². The minimum Gasteiger partial charge on any atom is -0.435 e. The molecule has 138 valence electrons. The van der Waals surface area contributed by atoms with Crippen molar-refractivity contribution in [2.45, 2.75) is 13.2 Å². The summed E-state index contributed by atoms with van der Waals surface area (Å²) in [6.45, 7) is 0.543. The van der Waals surface area contributed by atoms with Crippen molar-refractivity contribution in [3.05, 3.63) is 48.3 Å². The van der Waals surface area contributed by atoms with E-state index in [0.717, 1.165) is 31.7 Å². The van der Waals surface area contributed by atoms with Crippen LogP contribution in [0.5, 0.6) is 5.75 Å². The number of piperazine rings is 1. The van der Waals surface area contributed by atoms with Gasteiger partial charge in [-0.3, -0.25) is 0 Å². The molecule has 7 nitrogen and oxygen atoms in total. The third kappa shape index (κ3) is 4.78. The molecule has 26 heavy (non-hydrogen) atoms. The molecule has 0 unspecified atom stereocenters. The van der Waals surface area contributed by atoms with E-state index in [-0.39, 0.29) is 5.75 Å². The smallest absolute Gasteiger partial charge is 0.387 e. The number of hydrogen-bond donors (Lipinski definition) is 1. The molecule has 1 aliphatic rings. The lowest BCUT2D eigenvalue weighted by Crippen LogP contribution is -2.51. The molecule has 0 amide bonds. The molecular formula is C17H20F2N6O. The fourth-order valence-electron chi connectivity index (χ4n) is 2.64. The molecule has 0 atom stereocenters. The number of nitrogens with two attached hydrogens (primary N) is 1. The Labute approximate surface area is 150 Å². The molecule has 0 bridgehead atoms. The van der Waals surface area contributed by atoms with E-state index in [2.05, 4.69) is 24.6 Å². The van der Waals surface area contributed by atoms with Gasteiger partial charge >= 0.3 is 6.61 Å². The summed E-state index contributed by atoms with van der Waals surface area (Å²) in [7, 11) is 0. The highest BCUT2D eigenvalue weighted by molar-refractivity contribution is 5.78. The van der Waals surface area contributed by atoms with Gasteiger partial charge in [0.1, 0.15) is 5.75 Å². The Balaban J connectivity index is 1.51. The van der Waals surface area contributed by atoms with Crippen LogP contribution in [0.3, 0.4) is 0 Å². The van der Waals surface area contributed by atoms with Crippen LogP contribution in [-0.4, -0.2) is 53.6 Å². The van der Waals surface area contributed by atoms with Crippen molar-refractivity contribution in [2.24, 2.45) is 10.7 Å². The van der Waals surface area contributed by atoms with Crippen LogP contribution < -0.4 is 15.4 Å². The average Bonchev–Trinajstić information content (AvgIpc) is 2.67. The maximum Gasteiger partial charge on any atom is 0.387 e. The highest BCUT2D eigenvalue weighted by Crippen LogP contribution is 2.15. The van der Waals surface area contributed by atoms with Crippen LogP contribution in [0, 0.1) is 0 Å². The van der Waals surface area contributed by atoms with Crippen molar-refractivity contribution in [2.75, 3.05) is 31.1 Å². The topological polar surface area (TPSA) is 79.9 Å². The van der Waals surface area contributed by atoms with Gasteiger partial charge in [-0.15, -0.1) is 0 Å². The molecule has 3 rings (SSSR count). The van der Waals surface area contributed by atoms with Crippen LogP contribution in [0.1, 0.15) is 5.56 Å². The predicted octanol–water partition coefficient (Wildman–Crippen LogP) is 1.71. The van der Waals surface area contributed by atoms with Crippen molar-refractivity contribution in [1.82, 2.24) is 14.9 Å². The fraction of sp³-hybridized carbons (Fsp3) is 0.353. The largest absolute Gasteiger partial charge is 0.435 e. The average molecular weight is 362 g/mol. The molecule has 0 radical (unpaired) electrons. The maximum atomic E-state index is 12.1. The number of rotatable bonds is 5. The van der Waals surface area contributed by atoms with E-state index in [0.29, 0.717) is 18.5 Å². The first-order valence-electron chi connectivity index (χ1n) is 8.22. The molecule has 2 N–H and O–H groups in total. The lowest BCUT2D eigenvalue weighted by atomic mass is 10.2. The van der Waals surface area contributed by atoms with Gasteiger partial charge in [-0.05, 0) is 23.8 Å². The third-order valence-electron chi connectivity index (χ3n) is 4.01. The summed E-state index contributed by atoms with van der Waals surface area (Å²) >= 11 is 0. The Morgan fingerprint density at radius 2 is 1.77 bits per heavy atom. The van der Waals surface area contributed by atoms with Crippen LogP contribution in [0.25, 0.3) is 0 Å². The van der Waals surface area contributed by atoms with Gasteiger partial charge in [0.05, 0.1) is 6.54 Å². The van der Waals surface area contributed by atoms with Crippen LogP contribution in [0.15, 0.2) is 47.7 Å². The zero-order chi connectivity index (χ0) is 18.4. The number of alkyl halides is 2. The van der Waals surface area contributed by atoms with Crippen molar-refractivity contribution in [3.8, 4) is 5.75 Å². The quantitative estimate of drug-likeness (QED) is 0.644. The SMILES string of the molecule is NC(=NCc1ccc(OC(F)F)cc1)N1CCN(c2ncccn2)CC1. The van der Waals surface area contributed by atoms with Crippen LogP contribution in [-0.2, 0) is 6.54 Å². The number of guanidine groups is 1. The zero-order valence-corrected chi connectivity index (χ0v) is 14.1. The number of aliphatic imine (C=N–C) groups is 1. The first-order chi connectivity index (χ1) is 12.6. The summed E-state index contributed by atoms with van der Waals surface area (Å²) in [5.41, 5.74) is 6.95. The highest BCUT2D eigenvalue weighted by atomic mass is 19.3. The van der Waals surface area contributed by atoms with Crippen molar-refractivity contribution in [3.63, 3.8) is 0 Å². The minimum absolute atomic E-state index is 0.125. The van der Waals surface area contributed by atoms with Gasteiger partial charge in [0.2, 0.25) is 5.95 Å². The number of benzene rings is 1. The van der Waals surface area contributed by atoms with Crippen molar-refractivity contribution < 1.29 is 13.5 Å². The number of ether oxygens (including phenoxy) is 1. The second-order valence-corrected chi connectivity index (χ2v) is 5.72. The molecule has 1 aliphatic heterocycles. The number of nitrogens with zero attached hydrogens (tertiary/aromatic N) is 5. The minimum atomic E-state index is -2.82. The highest BCUT2D eigenvalue weighted by Gasteiger charge is 2.19. The summed E-state index contributed by atoms with van der Waals surface area (Å²) in [6, 6.07) is 8.16. The molecule has 1 aromatic carbocycles. The van der Waals surface area contributed by atoms with Gasteiger partial charge in [-0.2, -0.15) is 8.78 Å². The van der Waals surface area contributed by atoms with E-state index in [1.165, 1.54) is 12.1 Å². The zero-order valence-electron chi connectivity index (χ0n) is 14.1. The Kier molecular flexibility index (Phi) is 5.77. The molecule has 0 saturated carbocycles. The number of hydrogen-bond acceptors (Lipinski definition) is 5. The predicted molar refractivity (Wildman–Crippen MR) is 94.2 cm³/mol. The van der Waals surface area contributed by atoms with Crippen LogP contribution in [0.2, 0.25) is 0 Å². The van der Waals surface area contributed by atoms with Crippen molar-refractivity contribution in [1.29, 1.82) is 0 Å². The number of anilines is 1. The van der Waals surface area contributed by atoms with Gasteiger partial charge in [0.25, 0.3) is 0 Å². The Morgan fingerprint density at radius 1 is 1.12 bits per heavy atom. The molecule has 2 aromatic rings. The van der Waals surface area contributed by atoms with Crippen molar-refractivity contribution >= 4 is 11.9 Å². The first-order valence-corrected chi connectivity index (χ1v) is 8.22. The molecular weight excluding hydrogens is 342 g/mol. The molecule has 1 fully saturated rings. The summed E-state index contributed by atoms with van der Waals surface area (Å²) in [5, 5.41) is 0. The summed E-state index contributed by atoms with van der Waals surface area (Å²) in [5.74, 6) is 1.31. The van der Waals surface area contributed by atoms with Crippen LogP contribution in [0.4, 0.5) is 14.7 Å². The molecule has 1 aromatic heterocycles. The number of halogens is 2. The second kappa shape index (κ2) is 8.41. The monoisotopic (exact) mass is 362 g/mol. The van der Waals surface area contributed by atoms with E-state index < -0.39 is 6.61 Å². The summed E-state index contributed by atoms with van der Waals surface area (Å²) < 4.78 is 28.6. The van der Waals surface area contributed by atoms with Gasteiger partial charge in [-0.1, -0.05) is 12.1 Å². The van der Waals surface area contributed by atoms with Gasteiger partial charge in [0.15, 0.2) is 5.96 Å². The van der Waals surface area contributed by atoms with Crippen LogP contribution >= 0.6 is 0 Å². The van der Waals surface area contributed by atoms with E-state index in [4.69, 9.17) is 5.73 Å². The molecule has 1 saturated heterocycles. The summed E-state index contributed by atoms with van der Waals surface area (Å²) in [6.07, 6.45) is 3.45. The van der Waals surface area contributed by atoms with E-state index in [1.807, 2.05) is 4.90 Å². The first kappa shape index (κ1) is 17.8. The molecule has 2 heterocycles. The molecule has 0 spiro atoms. The fourth-order valence-corrected chi connectivity index (χ4v) is 2.64. The van der Waals surface area contributed by atoms with Gasteiger partial charge in [-0.25, -0.2) is 15.0 Å².